The molecule has 0 bridgehead atoms. The first-order valence-corrected chi connectivity index (χ1v) is 5.99. The molecule has 0 saturated carbocycles. The minimum absolute atomic E-state index is 0.388. The van der Waals surface area contributed by atoms with Crippen molar-refractivity contribution in [2.45, 2.75) is 26.0 Å². The maximum absolute atomic E-state index is 9.71. The molecule has 2 aromatic heterocycles. The number of hydrogen-bond acceptors (Lipinski definition) is 2. The van der Waals surface area contributed by atoms with E-state index in [1.165, 1.54) is 0 Å². The normalized spacial score (nSPS) is 12.9. The summed E-state index contributed by atoms with van der Waals surface area (Å²) in [5.74, 6) is 0.892. The van der Waals surface area contributed by atoms with E-state index in [9.17, 15) is 5.11 Å². The van der Waals surface area contributed by atoms with Gasteiger partial charge in [0.2, 0.25) is 0 Å². The molecular formula is C12H16ClN3O. The molecule has 0 amide bonds. The first-order chi connectivity index (χ1) is 8.11. The third kappa shape index (κ3) is 2.53. The molecule has 92 valence electrons. The summed E-state index contributed by atoms with van der Waals surface area (Å²) in [6, 6.07) is 1.93. The second-order valence-electron chi connectivity index (χ2n) is 4.10. The maximum Gasteiger partial charge on any atom is 0.129 e. The number of imidazole rings is 1. The van der Waals surface area contributed by atoms with E-state index in [0.717, 1.165) is 17.8 Å². The van der Waals surface area contributed by atoms with Crippen LogP contribution in [0.3, 0.4) is 0 Å². The number of rotatable bonds is 4. The molecule has 4 nitrogen and oxygen atoms in total. The molecule has 0 aliphatic heterocycles. The van der Waals surface area contributed by atoms with Gasteiger partial charge in [0, 0.05) is 19.4 Å². The van der Waals surface area contributed by atoms with Crippen LogP contribution in [0.25, 0.3) is 0 Å². The van der Waals surface area contributed by atoms with Gasteiger partial charge in [0.05, 0.1) is 18.8 Å². The van der Waals surface area contributed by atoms with E-state index in [1.54, 1.807) is 6.20 Å². The number of nitrogens with zero attached hydrogens (tertiary/aromatic N) is 3. The zero-order valence-corrected chi connectivity index (χ0v) is 10.7. The van der Waals surface area contributed by atoms with Gasteiger partial charge in [-0.05, 0) is 18.1 Å². The number of halogens is 1. The summed E-state index contributed by atoms with van der Waals surface area (Å²) < 4.78 is 3.84. The molecule has 0 spiro atoms. The summed E-state index contributed by atoms with van der Waals surface area (Å²) in [6.07, 6.45) is 5.86. The second kappa shape index (κ2) is 4.94. The minimum atomic E-state index is -0.388. The first kappa shape index (κ1) is 12.2. The second-order valence-corrected chi connectivity index (χ2v) is 4.48. The van der Waals surface area contributed by atoms with Crippen molar-refractivity contribution >= 4 is 11.6 Å². The van der Waals surface area contributed by atoms with Gasteiger partial charge >= 0.3 is 0 Å². The van der Waals surface area contributed by atoms with Gasteiger partial charge in [-0.25, -0.2) is 4.98 Å². The molecule has 5 heteroatoms. The molecule has 0 radical (unpaired) electrons. The van der Waals surface area contributed by atoms with Crippen LogP contribution in [-0.2, 0) is 13.6 Å². The lowest BCUT2D eigenvalue weighted by Gasteiger charge is -2.05. The van der Waals surface area contributed by atoms with E-state index in [4.69, 9.17) is 11.6 Å². The highest BCUT2D eigenvalue weighted by atomic mass is 35.5. The van der Waals surface area contributed by atoms with Crippen LogP contribution in [0.5, 0.6) is 0 Å². The lowest BCUT2D eigenvalue weighted by molar-refractivity contribution is 0.173. The number of aliphatic hydroxyl groups excluding tert-OH is 1. The Bertz CT molecular complexity index is 504. The van der Waals surface area contributed by atoms with Crippen LogP contribution in [0.15, 0.2) is 24.7 Å². The molecular weight excluding hydrogens is 238 g/mol. The summed E-state index contributed by atoms with van der Waals surface area (Å²) in [5.41, 5.74) is 0.938. The van der Waals surface area contributed by atoms with Crippen molar-refractivity contribution in [1.82, 2.24) is 14.1 Å². The highest BCUT2D eigenvalue weighted by molar-refractivity contribution is 6.29. The Hall–Kier alpha value is -1.26. The highest BCUT2D eigenvalue weighted by Crippen LogP contribution is 2.17. The molecule has 2 aromatic rings. The quantitative estimate of drug-likeness (QED) is 0.909. The number of hydrogen-bond donors (Lipinski definition) is 1. The van der Waals surface area contributed by atoms with Crippen LogP contribution in [0.2, 0.25) is 5.15 Å². The topological polar surface area (TPSA) is 43.0 Å². The lowest BCUT2D eigenvalue weighted by Crippen LogP contribution is -2.04. The fourth-order valence-electron chi connectivity index (χ4n) is 1.72. The predicted molar refractivity (Wildman–Crippen MR) is 67.0 cm³/mol. The predicted octanol–water partition coefficient (Wildman–Crippen LogP) is 2.37. The summed E-state index contributed by atoms with van der Waals surface area (Å²) in [7, 11) is 1.88. The van der Waals surface area contributed by atoms with Crippen molar-refractivity contribution in [3.63, 3.8) is 0 Å². The fourth-order valence-corrected chi connectivity index (χ4v) is 1.87. The highest BCUT2D eigenvalue weighted by Gasteiger charge is 2.08. The van der Waals surface area contributed by atoms with Crippen LogP contribution in [0, 0.1) is 0 Å². The van der Waals surface area contributed by atoms with E-state index in [-0.39, 0.29) is 6.10 Å². The van der Waals surface area contributed by atoms with Crippen molar-refractivity contribution in [3.8, 4) is 0 Å². The van der Waals surface area contributed by atoms with Gasteiger partial charge in [0.1, 0.15) is 11.0 Å². The fraction of sp³-hybridized carbons (Fsp3) is 0.417. The van der Waals surface area contributed by atoms with Crippen molar-refractivity contribution in [2.75, 3.05) is 0 Å². The molecule has 0 fully saturated rings. The van der Waals surface area contributed by atoms with E-state index < -0.39 is 0 Å². The Balaban J connectivity index is 2.14. The Labute approximate surface area is 105 Å². The third-order valence-electron chi connectivity index (χ3n) is 2.90. The molecule has 2 heterocycles. The van der Waals surface area contributed by atoms with Gasteiger partial charge in [0.25, 0.3) is 0 Å². The SMILES string of the molecule is CCC(O)c1ccn(Cc2ncc(Cl)n2C)c1. The van der Waals surface area contributed by atoms with Gasteiger partial charge in [-0.3, -0.25) is 0 Å². The van der Waals surface area contributed by atoms with Crippen LogP contribution < -0.4 is 0 Å². The van der Waals surface area contributed by atoms with Gasteiger partial charge in [-0.1, -0.05) is 18.5 Å². The Kier molecular flexibility index (Phi) is 3.54. The molecule has 17 heavy (non-hydrogen) atoms. The van der Waals surface area contributed by atoms with E-state index >= 15 is 0 Å². The molecule has 0 saturated heterocycles. The first-order valence-electron chi connectivity index (χ1n) is 5.61. The van der Waals surface area contributed by atoms with Gasteiger partial charge < -0.3 is 14.2 Å². The smallest absolute Gasteiger partial charge is 0.129 e. The largest absolute Gasteiger partial charge is 0.388 e. The zero-order chi connectivity index (χ0) is 12.4. The van der Waals surface area contributed by atoms with Crippen LogP contribution in [0.4, 0.5) is 0 Å². The molecule has 0 aromatic carbocycles. The van der Waals surface area contributed by atoms with E-state index in [2.05, 4.69) is 4.98 Å². The monoisotopic (exact) mass is 253 g/mol. The lowest BCUT2D eigenvalue weighted by atomic mass is 10.1. The van der Waals surface area contributed by atoms with Gasteiger partial charge in [-0.2, -0.15) is 0 Å². The number of aliphatic hydroxyl groups is 1. The molecule has 1 N–H and O–H groups in total. The van der Waals surface area contributed by atoms with Gasteiger partial charge in [0.15, 0.2) is 0 Å². The average Bonchev–Trinajstić information content (AvgIpc) is 2.91. The van der Waals surface area contributed by atoms with Crippen LogP contribution in [0.1, 0.15) is 30.8 Å². The zero-order valence-electron chi connectivity index (χ0n) is 9.97. The summed E-state index contributed by atoms with van der Waals surface area (Å²) in [6.45, 7) is 2.61. The molecule has 0 aliphatic rings. The Morgan fingerprint density at radius 2 is 2.29 bits per heavy atom. The van der Waals surface area contributed by atoms with Crippen LogP contribution in [-0.4, -0.2) is 19.2 Å². The molecule has 0 aliphatic carbocycles. The Morgan fingerprint density at radius 3 is 2.88 bits per heavy atom. The summed E-state index contributed by atoms with van der Waals surface area (Å²) in [4.78, 5) is 4.23. The van der Waals surface area contributed by atoms with E-state index in [0.29, 0.717) is 11.7 Å². The van der Waals surface area contributed by atoms with E-state index in [1.807, 2.05) is 41.6 Å². The molecule has 1 atom stereocenters. The molecule has 1 unspecified atom stereocenters. The Morgan fingerprint density at radius 1 is 1.53 bits per heavy atom. The van der Waals surface area contributed by atoms with Crippen molar-refractivity contribution < 1.29 is 5.11 Å². The third-order valence-corrected chi connectivity index (χ3v) is 3.25. The summed E-state index contributed by atoms with van der Waals surface area (Å²) in [5, 5.41) is 10.3. The maximum atomic E-state index is 9.71. The average molecular weight is 254 g/mol. The summed E-state index contributed by atoms with van der Waals surface area (Å²) >= 11 is 5.92. The van der Waals surface area contributed by atoms with Crippen molar-refractivity contribution in [2.24, 2.45) is 7.05 Å². The van der Waals surface area contributed by atoms with Crippen molar-refractivity contribution in [1.29, 1.82) is 0 Å². The minimum Gasteiger partial charge on any atom is -0.388 e. The standard InChI is InChI=1S/C12H16ClN3O/c1-3-10(17)9-4-5-16(7-9)8-12-14-6-11(13)15(12)2/h4-7,10,17H,3,8H2,1-2H3. The van der Waals surface area contributed by atoms with Crippen molar-refractivity contribution in [3.05, 3.63) is 41.2 Å². The van der Waals surface area contributed by atoms with Crippen LogP contribution >= 0.6 is 11.6 Å². The number of aromatic nitrogens is 3. The molecule has 2 rings (SSSR count). The van der Waals surface area contributed by atoms with Gasteiger partial charge in [-0.15, -0.1) is 0 Å².